The number of methoxy groups -OCH3 is 1. The molecule has 25 heavy (non-hydrogen) atoms. The van der Waals surface area contributed by atoms with E-state index in [9.17, 15) is 9.59 Å². The van der Waals surface area contributed by atoms with Crippen LogP contribution in [0.15, 0.2) is 54.6 Å². The summed E-state index contributed by atoms with van der Waals surface area (Å²) in [6, 6.07) is 12.0. The summed E-state index contributed by atoms with van der Waals surface area (Å²) in [6.45, 7) is 1.72. The molecule has 0 unspecified atom stereocenters. The van der Waals surface area contributed by atoms with Gasteiger partial charge in [-0.1, -0.05) is 18.2 Å². The summed E-state index contributed by atoms with van der Waals surface area (Å²) in [7, 11) is 1.47. The fraction of sp³-hybridized carbons (Fsp3) is 0.158. The highest BCUT2D eigenvalue weighted by atomic mass is 16.6. The minimum absolute atomic E-state index is 0.214. The van der Waals surface area contributed by atoms with Crippen molar-refractivity contribution in [1.29, 1.82) is 0 Å². The first-order valence-electron chi connectivity index (χ1n) is 7.71. The van der Waals surface area contributed by atoms with E-state index in [0.717, 1.165) is 0 Å². The molecule has 128 valence electrons. The molecule has 0 spiro atoms. The van der Waals surface area contributed by atoms with Gasteiger partial charge in [0.2, 0.25) is 0 Å². The fourth-order valence-corrected chi connectivity index (χ4v) is 2.47. The number of fused-ring (bicyclic) bond motifs is 1. The van der Waals surface area contributed by atoms with Crippen LogP contribution in [0.25, 0.3) is 0 Å². The average molecular weight is 339 g/mol. The smallest absolute Gasteiger partial charge is 0.335 e. The number of rotatable bonds is 4. The third-order valence-corrected chi connectivity index (χ3v) is 3.64. The van der Waals surface area contributed by atoms with Gasteiger partial charge in [-0.25, -0.2) is 4.79 Å². The Morgan fingerprint density at radius 2 is 2.00 bits per heavy atom. The number of nitrogens with one attached hydrogen (secondary N) is 1. The summed E-state index contributed by atoms with van der Waals surface area (Å²) in [6.07, 6.45) is 2.25. The number of carbonyl (C=O) groups excluding carboxylic acids is 2. The molecule has 1 aliphatic heterocycles. The lowest BCUT2D eigenvalue weighted by Crippen LogP contribution is -2.36. The Kier molecular flexibility index (Phi) is 4.70. The Morgan fingerprint density at radius 1 is 1.20 bits per heavy atom. The quantitative estimate of drug-likeness (QED) is 0.527. The molecule has 6 nitrogen and oxygen atoms in total. The van der Waals surface area contributed by atoms with Crippen LogP contribution in [0.4, 0.5) is 0 Å². The zero-order chi connectivity index (χ0) is 17.8. The van der Waals surface area contributed by atoms with Crippen LogP contribution in [-0.4, -0.2) is 19.0 Å². The first-order valence-corrected chi connectivity index (χ1v) is 7.71. The van der Waals surface area contributed by atoms with E-state index in [0.29, 0.717) is 22.6 Å². The van der Waals surface area contributed by atoms with E-state index >= 15 is 0 Å². The average Bonchev–Trinajstić information content (AvgIpc) is 2.62. The molecule has 1 aliphatic rings. The molecule has 0 radical (unpaired) electrons. The molecule has 0 aromatic heterocycles. The number of amides is 1. The van der Waals surface area contributed by atoms with E-state index in [4.69, 9.17) is 14.2 Å². The first-order chi connectivity index (χ1) is 12.1. The van der Waals surface area contributed by atoms with Crippen LogP contribution in [0.3, 0.4) is 0 Å². The van der Waals surface area contributed by atoms with Gasteiger partial charge in [-0.3, -0.25) is 4.79 Å². The van der Waals surface area contributed by atoms with Crippen LogP contribution in [0.2, 0.25) is 0 Å². The standard InChI is InChI=1S/C19H17NO5/c1-3-6-17(21)24-15-10-9-12(11-16(15)23-2)19-20-18(22)13-7-4-5-8-14(13)25-19/h3-11,19H,1-2H3,(H,20,22)/b6-3+/t19-/m1/s1. The van der Waals surface area contributed by atoms with Crippen molar-refractivity contribution >= 4 is 11.9 Å². The maximum Gasteiger partial charge on any atom is 0.335 e. The number of carbonyl (C=O) groups is 2. The van der Waals surface area contributed by atoms with E-state index in [-0.39, 0.29) is 11.7 Å². The normalized spacial score (nSPS) is 15.9. The summed E-state index contributed by atoms with van der Waals surface area (Å²) in [5.74, 6) is 0.460. The van der Waals surface area contributed by atoms with E-state index in [2.05, 4.69) is 5.32 Å². The molecular weight excluding hydrogens is 322 g/mol. The predicted molar refractivity (Wildman–Crippen MR) is 90.7 cm³/mol. The molecule has 1 N–H and O–H groups in total. The van der Waals surface area contributed by atoms with Gasteiger partial charge in [-0.2, -0.15) is 0 Å². The van der Waals surface area contributed by atoms with E-state index in [1.54, 1.807) is 55.5 Å². The number of esters is 1. The molecule has 6 heteroatoms. The number of hydrogen-bond donors (Lipinski definition) is 1. The van der Waals surface area contributed by atoms with Gasteiger partial charge in [0.15, 0.2) is 17.7 Å². The van der Waals surface area contributed by atoms with Gasteiger partial charge in [-0.05, 0) is 37.3 Å². The number of allylic oxidation sites excluding steroid dienone is 1. The zero-order valence-corrected chi connectivity index (χ0v) is 13.8. The van der Waals surface area contributed by atoms with Gasteiger partial charge in [-0.15, -0.1) is 0 Å². The lowest BCUT2D eigenvalue weighted by Gasteiger charge is -2.27. The molecule has 0 fully saturated rings. The zero-order valence-electron chi connectivity index (χ0n) is 13.8. The molecule has 1 atom stereocenters. The number of para-hydroxylation sites is 1. The molecule has 0 saturated heterocycles. The van der Waals surface area contributed by atoms with E-state index in [1.807, 2.05) is 0 Å². The number of hydrogen-bond acceptors (Lipinski definition) is 5. The molecule has 2 aromatic carbocycles. The Morgan fingerprint density at radius 3 is 2.76 bits per heavy atom. The second-order valence-electron chi connectivity index (χ2n) is 5.30. The predicted octanol–water partition coefficient (Wildman–Crippen LogP) is 3.00. The van der Waals surface area contributed by atoms with Crippen LogP contribution < -0.4 is 19.5 Å². The Balaban J connectivity index is 1.86. The first kappa shape index (κ1) is 16.6. The largest absolute Gasteiger partial charge is 0.493 e. The van der Waals surface area contributed by atoms with Crippen LogP contribution in [-0.2, 0) is 4.79 Å². The Hall–Kier alpha value is -3.28. The fourth-order valence-electron chi connectivity index (χ4n) is 2.47. The van der Waals surface area contributed by atoms with Crippen molar-refractivity contribution in [2.24, 2.45) is 0 Å². The third-order valence-electron chi connectivity index (χ3n) is 3.64. The summed E-state index contributed by atoms with van der Waals surface area (Å²) >= 11 is 0. The molecule has 0 aliphatic carbocycles. The van der Waals surface area contributed by atoms with Crippen molar-refractivity contribution in [2.75, 3.05) is 7.11 Å². The summed E-state index contributed by atoms with van der Waals surface area (Å²) < 4.78 is 16.3. The van der Waals surface area contributed by atoms with Crippen molar-refractivity contribution in [3.8, 4) is 17.2 Å². The van der Waals surface area contributed by atoms with Crippen molar-refractivity contribution < 1.29 is 23.8 Å². The van der Waals surface area contributed by atoms with Crippen molar-refractivity contribution in [3.63, 3.8) is 0 Å². The minimum atomic E-state index is -0.656. The second kappa shape index (κ2) is 7.09. The highest BCUT2D eigenvalue weighted by molar-refractivity contribution is 5.98. The van der Waals surface area contributed by atoms with Crippen molar-refractivity contribution in [3.05, 3.63) is 65.7 Å². The maximum atomic E-state index is 12.2. The molecule has 1 heterocycles. The van der Waals surface area contributed by atoms with Gasteiger partial charge in [0.1, 0.15) is 5.75 Å². The van der Waals surface area contributed by atoms with Gasteiger partial charge >= 0.3 is 5.97 Å². The molecular formula is C19H17NO5. The highest BCUT2D eigenvalue weighted by Gasteiger charge is 2.27. The lowest BCUT2D eigenvalue weighted by molar-refractivity contribution is -0.129. The topological polar surface area (TPSA) is 73.9 Å². The maximum absolute atomic E-state index is 12.2. The van der Waals surface area contributed by atoms with Gasteiger partial charge in [0, 0.05) is 11.6 Å². The third kappa shape index (κ3) is 3.47. The number of benzene rings is 2. The van der Waals surface area contributed by atoms with Crippen LogP contribution >= 0.6 is 0 Å². The molecule has 1 amide bonds. The second-order valence-corrected chi connectivity index (χ2v) is 5.30. The number of ether oxygens (including phenoxy) is 3. The van der Waals surface area contributed by atoms with Crippen molar-refractivity contribution in [1.82, 2.24) is 5.32 Å². The monoisotopic (exact) mass is 339 g/mol. The highest BCUT2D eigenvalue weighted by Crippen LogP contribution is 2.34. The molecule has 2 aromatic rings. The van der Waals surface area contributed by atoms with Crippen molar-refractivity contribution in [2.45, 2.75) is 13.2 Å². The van der Waals surface area contributed by atoms with Crippen LogP contribution in [0.1, 0.15) is 29.1 Å². The van der Waals surface area contributed by atoms with Gasteiger partial charge < -0.3 is 19.5 Å². The van der Waals surface area contributed by atoms with Crippen LogP contribution in [0, 0.1) is 0 Å². The minimum Gasteiger partial charge on any atom is -0.493 e. The molecule has 3 rings (SSSR count). The Bertz CT molecular complexity index is 843. The van der Waals surface area contributed by atoms with Crippen LogP contribution in [0.5, 0.6) is 17.2 Å². The summed E-state index contributed by atoms with van der Waals surface area (Å²) in [5, 5.41) is 2.79. The van der Waals surface area contributed by atoms with Gasteiger partial charge in [0.05, 0.1) is 12.7 Å². The summed E-state index contributed by atoms with van der Waals surface area (Å²) in [5.41, 5.74) is 1.16. The summed E-state index contributed by atoms with van der Waals surface area (Å²) in [4.78, 5) is 23.8. The molecule has 0 bridgehead atoms. The lowest BCUT2D eigenvalue weighted by atomic mass is 10.1. The SMILES string of the molecule is C/C=C/C(=O)Oc1ccc([C@@H]2NC(=O)c3ccccc3O2)cc1OC. The van der Waals surface area contributed by atoms with E-state index < -0.39 is 12.2 Å². The molecule has 0 saturated carbocycles. The van der Waals surface area contributed by atoms with E-state index in [1.165, 1.54) is 13.2 Å². The van der Waals surface area contributed by atoms with Gasteiger partial charge in [0.25, 0.3) is 5.91 Å². The Labute approximate surface area is 145 Å².